The van der Waals surface area contributed by atoms with Gasteiger partial charge >= 0.3 is 0 Å². The highest BCUT2D eigenvalue weighted by molar-refractivity contribution is 7.92. The topological polar surface area (TPSA) is 106 Å². The van der Waals surface area contributed by atoms with Crippen LogP contribution in [0, 0.1) is 0 Å². The van der Waals surface area contributed by atoms with Crippen molar-refractivity contribution >= 4 is 32.8 Å². The first-order chi connectivity index (χ1) is 14.2. The third kappa shape index (κ3) is 3.79. The molecule has 1 saturated carbocycles. The summed E-state index contributed by atoms with van der Waals surface area (Å²) in [7, 11) is -2.01. The van der Waals surface area contributed by atoms with E-state index in [9.17, 15) is 13.2 Å². The van der Waals surface area contributed by atoms with Crippen LogP contribution in [-0.4, -0.2) is 32.6 Å². The van der Waals surface area contributed by atoms with Gasteiger partial charge in [-0.05, 0) is 47.9 Å². The average molecular weight is 428 g/mol. The number of nitrogens with two attached hydrogens (primary N) is 1. The number of fused-ring (bicyclic) bond motifs is 1. The van der Waals surface area contributed by atoms with Crippen molar-refractivity contribution in [1.82, 2.24) is 4.98 Å². The number of aryl methyl sites for hydroxylation is 1. The number of furan rings is 1. The summed E-state index contributed by atoms with van der Waals surface area (Å²) in [5, 5.41) is 0.537. The molecule has 1 aromatic carbocycles. The zero-order chi connectivity index (χ0) is 21.6. The number of carbonyl (C=O) groups is 1. The normalized spacial score (nSPS) is 14.2. The first-order valence-corrected chi connectivity index (χ1v) is 11.8. The Balaban J connectivity index is 1.85. The smallest absolute Gasteiger partial charge is 0.252 e. The van der Waals surface area contributed by atoms with Crippen LogP contribution in [-0.2, 0) is 22.9 Å². The molecule has 1 fully saturated rings. The Morgan fingerprint density at radius 3 is 2.40 bits per heavy atom. The third-order valence-electron chi connectivity index (χ3n) is 5.62. The summed E-state index contributed by atoms with van der Waals surface area (Å²) in [6, 6.07) is 9.92. The predicted octanol–water partition coefficient (Wildman–Crippen LogP) is 3.35. The van der Waals surface area contributed by atoms with Gasteiger partial charge in [0.15, 0.2) is 0 Å². The van der Waals surface area contributed by atoms with E-state index in [1.807, 2.05) is 30.3 Å². The molecule has 30 heavy (non-hydrogen) atoms. The van der Waals surface area contributed by atoms with E-state index in [4.69, 9.17) is 10.2 Å². The van der Waals surface area contributed by atoms with Crippen molar-refractivity contribution in [2.75, 3.05) is 17.6 Å². The number of benzene rings is 1. The van der Waals surface area contributed by atoms with Crippen molar-refractivity contribution in [1.29, 1.82) is 0 Å². The van der Waals surface area contributed by atoms with Gasteiger partial charge in [0, 0.05) is 13.5 Å². The van der Waals surface area contributed by atoms with Gasteiger partial charge in [-0.1, -0.05) is 31.2 Å². The van der Waals surface area contributed by atoms with Crippen LogP contribution in [0.4, 0.5) is 5.82 Å². The second kappa shape index (κ2) is 7.43. The quantitative estimate of drug-likeness (QED) is 0.622. The molecule has 0 saturated heterocycles. The minimum atomic E-state index is -3.49. The Morgan fingerprint density at radius 1 is 1.23 bits per heavy atom. The second-order valence-corrected chi connectivity index (χ2v) is 9.88. The molecule has 2 N–H and O–H groups in total. The summed E-state index contributed by atoms with van der Waals surface area (Å²) in [5.41, 5.74) is 9.25. The maximum atomic E-state index is 12.3. The van der Waals surface area contributed by atoms with E-state index in [1.165, 1.54) is 12.6 Å². The summed E-state index contributed by atoms with van der Waals surface area (Å²) >= 11 is 0. The number of aromatic nitrogens is 1. The number of carbonyl (C=O) groups excluding carboxylic acids is 1. The fraction of sp³-hybridized carbons (Fsp3) is 0.364. The lowest BCUT2D eigenvalue weighted by atomic mass is 10.0. The summed E-state index contributed by atoms with van der Waals surface area (Å²) in [6.45, 7) is 2.09. The SMILES string of the molecule is CCc1ccc(Cc2oc3nc(N(C)S(C)(=O)=O)c(C4CC4)cc3c2C(N)=O)cc1. The molecular formula is C22H25N3O4S. The number of amides is 1. The molecule has 4 rings (SSSR count). The van der Waals surface area contributed by atoms with E-state index in [-0.39, 0.29) is 11.6 Å². The summed E-state index contributed by atoms with van der Waals surface area (Å²) in [6.07, 6.45) is 4.39. The van der Waals surface area contributed by atoms with Crippen LogP contribution in [0.3, 0.4) is 0 Å². The molecule has 0 aliphatic heterocycles. The van der Waals surface area contributed by atoms with Gasteiger partial charge in [0.1, 0.15) is 11.6 Å². The molecule has 1 amide bonds. The Morgan fingerprint density at radius 2 is 1.87 bits per heavy atom. The number of sulfonamides is 1. The number of hydrogen-bond donors (Lipinski definition) is 1. The van der Waals surface area contributed by atoms with E-state index in [1.54, 1.807) is 0 Å². The molecule has 158 valence electrons. The number of pyridine rings is 1. The largest absolute Gasteiger partial charge is 0.441 e. The minimum absolute atomic E-state index is 0.221. The van der Waals surface area contributed by atoms with Crippen molar-refractivity contribution < 1.29 is 17.6 Å². The number of primary amides is 1. The second-order valence-electron chi connectivity index (χ2n) is 7.87. The zero-order valence-electron chi connectivity index (χ0n) is 17.3. The molecular weight excluding hydrogens is 402 g/mol. The van der Waals surface area contributed by atoms with Crippen LogP contribution in [0.2, 0.25) is 0 Å². The fourth-order valence-electron chi connectivity index (χ4n) is 3.65. The molecule has 0 unspecified atom stereocenters. The van der Waals surface area contributed by atoms with E-state index in [0.717, 1.165) is 41.0 Å². The Kier molecular flexibility index (Phi) is 5.05. The molecule has 0 radical (unpaired) electrons. The van der Waals surface area contributed by atoms with Gasteiger partial charge in [-0.15, -0.1) is 0 Å². The standard InChI is InChI=1S/C22H25N3O4S/c1-4-13-5-7-14(8-6-13)11-18-19(20(23)26)17-12-16(15-9-10-15)21(24-22(17)29-18)25(2)30(3,27)28/h5-8,12,15H,4,9-11H2,1-3H3,(H2,23,26). The first kappa shape index (κ1) is 20.4. The van der Waals surface area contributed by atoms with Crippen molar-refractivity contribution in [2.45, 2.75) is 38.5 Å². The molecule has 3 aromatic rings. The number of nitrogens with zero attached hydrogens (tertiary/aromatic N) is 2. The molecule has 1 aliphatic carbocycles. The number of rotatable bonds is 7. The molecule has 0 spiro atoms. The van der Waals surface area contributed by atoms with Crippen molar-refractivity contribution in [2.24, 2.45) is 5.73 Å². The van der Waals surface area contributed by atoms with Crippen LogP contribution >= 0.6 is 0 Å². The van der Waals surface area contributed by atoms with Crippen LogP contribution in [0.15, 0.2) is 34.7 Å². The van der Waals surface area contributed by atoms with Crippen LogP contribution in [0.5, 0.6) is 0 Å². The lowest BCUT2D eigenvalue weighted by Crippen LogP contribution is -2.26. The van der Waals surface area contributed by atoms with Gasteiger partial charge in [0.2, 0.25) is 15.7 Å². The molecule has 2 aromatic heterocycles. The number of hydrogen-bond acceptors (Lipinski definition) is 5. The predicted molar refractivity (Wildman–Crippen MR) is 116 cm³/mol. The first-order valence-electron chi connectivity index (χ1n) is 9.96. The Hall–Kier alpha value is -2.87. The van der Waals surface area contributed by atoms with Crippen LogP contribution in [0.25, 0.3) is 11.1 Å². The van der Waals surface area contributed by atoms with E-state index in [2.05, 4.69) is 11.9 Å². The molecule has 0 bridgehead atoms. The van der Waals surface area contributed by atoms with Crippen LogP contribution < -0.4 is 10.0 Å². The van der Waals surface area contributed by atoms with Gasteiger partial charge < -0.3 is 10.2 Å². The lowest BCUT2D eigenvalue weighted by Gasteiger charge is -2.18. The highest BCUT2D eigenvalue weighted by Crippen LogP contribution is 2.45. The summed E-state index contributed by atoms with van der Waals surface area (Å²) in [5.74, 6) is 0.426. The van der Waals surface area contributed by atoms with Crippen molar-refractivity contribution in [3.63, 3.8) is 0 Å². The molecule has 0 atom stereocenters. The van der Waals surface area contributed by atoms with E-state index < -0.39 is 15.9 Å². The van der Waals surface area contributed by atoms with Crippen LogP contribution in [0.1, 0.15) is 58.5 Å². The highest BCUT2D eigenvalue weighted by Gasteiger charge is 2.32. The van der Waals surface area contributed by atoms with E-state index >= 15 is 0 Å². The van der Waals surface area contributed by atoms with Gasteiger partial charge in [-0.25, -0.2) is 8.42 Å². The average Bonchev–Trinajstić information content (AvgIpc) is 3.47. The highest BCUT2D eigenvalue weighted by atomic mass is 32.2. The van der Waals surface area contributed by atoms with Gasteiger partial charge in [0.05, 0.1) is 17.2 Å². The Labute approximate surface area is 175 Å². The van der Waals surface area contributed by atoms with Gasteiger partial charge in [-0.3, -0.25) is 9.10 Å². The maximum Gasteiger partial charge on any atom is 0.252 e. The van der Waals surface area contributed by atoms with Crippen molar-refractivity contribution in [3.05, 3.63) is 58.3 Å². The molecule has 2 heterocycles. The molecule has 8 heteroatoms. The fourth-order valence-corrected chi connectivity index (χ4v) is 4.11. The Bertz CT molecular complexity index is 1230. The van der Waals surface area contributed by atoms with Gasteiger partial charge in [-0.2, -0.15) is 4.98 Å². The maximum absolute atomic E-state index is 12.3. The van der Waals surface area contributed by atoms with Crippen molar-refractivity contribution in [3.8, 4) is 0 Å². The zero-order valence-corrected chi connectivity index (χ0v) is 18.1. The minimum Gasteiger partial charge on any atom is -0.441 e. The van der Waals surface area contributed by atoms with E-state index in [0.29, 0.717) is 28.9 Å². The summed E-state index contributed by atoms with van der Waals surface area (Å²) < 4.78 is 31.3. The monoisotopic (exact) mass is 427 g/mol. The lowest BCUT2D eigenvalue weighted by molar-refractivity contribution is 0.1000. The molecule has 1 aliphatic rings. The number of anilines is 1. The summed E-state index contributed by atoms with van der Waals surface area (Å²) in [4.78, 5) is 16.8. The molecule has 7 nitrogen and oxygen atoms in total. The third-order valence-corrected chi connectivity index (χ3v) is 6.79. The van der Waals surface area contributed by atoms with Gasteiger partial charge in [0.25, 0.3) is 5.91 Å².